The topological polar surface area (TPSA) is 90.1 Å². The summed E-state index contributed by atoms with van der Waals surface area (Å²) in [4.78, 5) is 26.7. The van der Waals surface area contributed by atoms with Crippen LogP contribution in [0.1, 0.15) is 28.2 Å². The Hall–Kier alpha value is -2.16. The van der Waals surface area contributed by atoms with E-state index in [2.05, 4.69) is 20.8 Å². The van der Waals surface area contributed by atoms with Crippen molar-refractivity contribution in [2.24, 2.45) is 0 Å². The van der Waals surface area contributed by atoms with Crippen molar-refractivity contribution in [3.63, 3.8) is 0 Å². The van der Waals surface area contributed by atoms with Crippen molar-refractivity contribution in [3.05, 3.63) is 46.0 Å². The van der Waals surface area contributed by atoms with E-state index in [0.29, 0.717) is 30.9 Å². The summed E-state index contributed by atoms with van der Waals surface area (Å²) in [6.07, 6.45) is 1.25. The Morgan fingerprint density at radius 3 is 3.00 bits per heavy atom. The molecule has 0 radical (unpaired) electrons. The highest BCUT2D eigenvalue weighted by Gasteiger charge is 2.35. The van der Waals surface area contributed by atoms with Gasteiger partial charge in [0, 0.05) is 43.0 Å². The molecule has 144 valence electrons. The second kappa shape index (κ2) is 7.84. The number of rotatable bonds is 3. The van der Waals surface area contributed by atoms with Gasteiger partial charge in [0.15, 0.2) is 5.69 Å². The lowest BCUT2D eigenvalue weighted by molar-refractivity contribution is -0.118. The minimum absolute atomic E-state index is 0. The number of aromatic nitrogens is 2. The molecular weight excluding hydrogens is 396 g/mol. The van der Waals surface area contributed by atoms with Crippen molar-refractivity contribution < 1.29 is 14.0 Å². The van der Waals surface area contributed by atoms with Crippen LogP contribution in [0.3, 0.4) is 0 Å². The fraction of sp³-hybridized carbons (Fsp3) is 0.353. The number of amides is 2. The molecule has 1 unspecified atom stereocenters. The zero-order valence-corrected chi connectivity index (χ0v) is 15.8. The van der Waals surface area contributed by atoms with E-state index in [-0.39, 0.29) is 29.2 Å². The third-order valence-corrected chi connectivity index (χ3v) is 5.04. The van der Waals surface area contributed by atoms with Crippen LogP contribution in [0.2, 0.25) is 5.02 Å². The van der Waals surface area contributed by atoms with Crippen molar-refractivity contribution in [3.8, 4) is 0 Å². The predicted molar refractivity (Wildman–Crippen MR) is 101 cm³/mol. The molecule has 3 N–H and O–H groups in total. The quantitative estimate of drug-likeness (QED) is 0.715. The van der Waals surface area contributed by atoms with Crippen molar-refractivity contribution in [2.45, 2.75) is 25.4 Å². The maximum Gasteiger partial charge on any atom is 0.272 e. The number of aromatic amines is 1. The van der Waals surface area contributed by atoms with Crippen LogP contribution in [0.5, 0.6) is 0 Å². The molecule has 2 aliphatic heterocycles. The summed E-state index contributed by atoms with van der Waals surface area (Å²) in [5.41, 5.74) is 2.64. The Morgan fingerprint density at radius 1 is 1.41 bits per heavy atom. The average Bonchev–Trinajstić information content (AvgIpc) is 3.22. The van der Waals surface area contributed by atoms with Gasteiger partial charge in [-0.25, -0.2) is 4.39 Å². The van der Waals surface area contributed by atoms with Crippen LogP contribution in [-0.4, -0.2) is 41.1 Å². The SMILES string of the molecule is Cl.O=C(NC1CCN(c2ccc(F)c(Cl)c2)C1=O)c1n[nH]c2c1CNCC2. The van der Waals surface area contributed by atoms with Crippen LogP contribution in [-0.2, 0) is 17.8 Å². The van der Waals surface area contributed by atoms with Gasteiger partial charge in [0.05, 0.1) is 5.02 Å². The van der Waals surface area contributed by atoms with Crippen LogP contribution in [0, 0.1) is 5.82 Å². The number of hydrogen-bond donors (Lipinski definition) is 3. The van der Waals surface area contributed by atoms with E-state index in [9.17, 15) is 14.0 Å². The number of nitrogens with zero attached hydrogens (tertiary/aromatic N) is 2. The maximum absolute atomic E-state index is 13.3. The Balaban J connectivity index is 0.00000210. The Bertz CT molecular complexity index is 888. The highest BCUT2D eigenvalue weighted by atomic mass is 35.5. The summed E-state index contributed by atoms with van der Waals surface area (Å²) in [5, 5.41) is 12.9. The van der Waals surface area contributed by atoms with Gasteiger partial charge in [0.25, 0.3) is 5.91 Å². The monoisotopic (exact) mass is 413 g/mol. The summed E-state index contributed by atoms with van der Waals surface area (Å²) >= 11 is 5.80. The van der Waals surface area contributed by atoms with Crippen LogP contribution in [0.15, 0.2) is 18.2 Å². The summed E-state index contributed by atoms with van der Waals surface area (Å²) in [6.45, 7) is 1.84. The van der Waals surface area contributed by atoms with E-state index in [1.807, 2.05) is 0 Å². The third kappa shape index (κ3) is 3.65. The number of carbonyl (C=O) groups is 2. The molecule has 4 rings (SSSR count). The second-order valence-electron chi connectivity index (χ2n) is 6.36. The van der Waals surface area contributed by atoms with Gasteiger partial charge in [-0.3, -0.25) is 14.7 Å². The lowest BCUT2D eigenvalue weighted by Crippen LogP contribution is -2.42. The third-order valence-electron chi connectivity index (χ3n) is 4.75. The van der Waals surface area contributed by atoms with E-state index in [4.69, 9.17) is 11.6 Å². The van der Waals surface area contributed by atoms with E-state index in [0.717, 1.165) is 24.2 Å². The number of nitrogens with one attached hydrogen (secondary N) is 3. The first-order valence-electron chi connectivity index (χ1n) is 8.38. The largest absolute Gasteiger partial charge is 0.339 e. The minimum atomic E-state index is -0.643. The van der Waals surface area contributed by atoms with Gasteiger partial charge in [0.1, 0.15) is 11.9 Å². The molecule has 27 heavy (non-hydrogen) atoms. The molecule has 1 saturated heterocycles. The molecule has 2 aromatic rings. The Kier molecular flexibility index (Phi) is 5.69. The van der Waals surface area contributed by atoms with Crippen molar-refractivity contribution in [1.29, 1.82) is 0 Å². The number of carbonyl (C=O) groups excluding carboxylic acids is 2. The van der Waals surface area contributed by atoms with Gasteiger partial charge < -0.3 is 15.5 Å². The van der Waals surface area contributed by atoms with Crippen molar-refractivity contribution in [1.82, 2.24) is 20.8 Å². The standard InChI is InChI=1S/C17H17ClFN5O2.ClH/c18-11-7-9(1-2-12(11)19)24-6-4-14(17(24)26)21-16(25)15-10-8-20-5-3-13(10)22-23-15;/h1-2,7,14,20H,3-6,8H2,(H,21,25)(H,22,23);1H. The first-order valence-corrected chi connectivity index (χ1v) is 8.76. The minimum Gasteiger partial charge on any atom is -0.339 e. The van der Waals surface area contributed by atoms with Crippen LogP contribution in [0.25, 0.3) is 0 Å². The fourth-order valence-electron chi connectivity index (χ4n) is 3.36. The molecule has 3 heterocycles. The molecule has 0 bridgehead atoms. The number of benzene rings is 1. The van der Waals surface area contributed by atoms with Crippen LogP contribution < -0.4 is 15.5 Å². The van der Waals surface area contributed by atoms with Gasteiger partial charge in [-0.15, -0.1) is 12.4 Å². The fourth-order valence-corrected chi connectivity index (χ4v) is 3.54. The Labute approximate surface area is 166 Å². The first kappa shape index (κ1) is 19.6. The number of hydrogen-bond acceptors (Lipinski definition) is 4. The summed E-state index contributed by atoms with van der Waals surface area (Å²) in [5.74, 6) is -1.16. The zero-order chi connectivity index (χ0) is 18.3. The Morgan fingerprint density at radius 2 is 2.22 bits per heavy atom. The van der Waals surface area contributed by atoms with Gasteiger partial charge in [0.2, 0.25) is 5.91 Å². The molecule has 0 saturated carbocycles. The second-order valence-corrected chi connectivity index (χ2v) is 6.77. The first-order chi connectivity index (χ1) is 12.5. The molecule has 1 fully saturated rings. The lowest BCUT2D eigenvalue weighted by atomic mass is 10.1. The number of fused-ring (bicyclic) bond motifs is 1. The molecule has 10 heteroatoms. The normalized spacial score (nSPS) is 18.8. The number of halogens is 3. The summed E-state index contributed by atoms with van der Waals surface area (Å²) < 4.78 is 13.3. The highest BCUT2D eigenvalue weighted by Crippen LogP contribution is 2.26. The van der Waals surface area contributed by atoms with E-state index in [1.165, 1.54) is 23.1 Å². The summed E-state index contributed by atoms with van der Waals surface area (Å²) in [7, 11) is 0. The van der Waals surface area contributed by atoms with Crippen molar-refractivity contribution in [2.75, 3.05) is 18.0 Å². The average molecular weight is 414 g/mol. The maximum atomic E-state index is 13.3. The molecule has 1 atom stereocenters. The van der Waals surface area contributed by atoms with E-state index < -0.39 is 11.9 Å². The molecule has 1 aromatic heterocycles. The predicted octanol–water partition coefficient (Wildman–Crippen LogP) is 1.80. The van der Waals surface area contributed by atoms with Gasteiger partial charge in [-0.1, -0.05) is 11.6 Å². The molecule has 2 amide bonds. The van der Waals surface area contributed by atoms with Gasteiger partial charge in [-0.2, -0.15) is 5.10 Å². The molecular formula is C17H18Cl2FN5O2. The lowest BCUT2D eigenvalue weighted by Gasteiger charge is -2.18. The highest BCUT2D eigenvalue weighted by molar-refractivity contribution is 6.31. The van der Waals surface area contributed by atoms with E-state index >= 15 is 0 Å². The molecule has 2 aliphatic rings. The molecule has 0 spiro atoms. The smallest absolute Gasteiger partial charge is 0.272 e. The van der Waals surface area contributed by atoms with Crippen molar-refractivity contribution >= 4 is 41.5 Å². The zero-order valence-electron chi connectivity index (χ0n) is 14.2. The van der Waals surface area contributed by atoms with Gasteiger partial charge >= 0.3 is 0 Å². The number of H-pyrrole nitrogens is 1. The molecule has 0 aliphatic carbocycles. The van der Waals surface area contributed by atoms with E-state index in [1.54, 1.807) is 0 Å². The van der Waals surface area contributed by atoms with Crippen LogP contribution >= 0.6 is 24.0 Å². The van der Waals surface area contributed by atoms with Gasteiger partial charge in [-0.05, 0) is 24.6 Å². The summed E-state index contributed by atoms with van der Waals surface area (Å²) in [6, 6.07) is 3.49. The number of anilines is 1. The van der Waals surface area contributed by atoms with Crippen LogP contribution in [0.4, 0.5) is 10.1 Å². The molecule has 1 aromatic carbocycles. The molecule has 7 nitrogen and oxygen atoms in total.